The van der Waals surface area contributed by atoms with Gasteiger partial charge in [0.15, 0.2) is 0 Å². The summed E-state index contributed by atoms with van der Waals surface area (Å²) in [6, 6.07) is 7.56. The maximum atomic E-state index is 12.6. The molecule has 1 heterocycles. The van der Waals surface area contributed by atoms with E-state index in [4.69, 9.17) is 0 Å². The van der Waals surface area contributed by atoms with E-state index in [-0.39, 0.29) is 12.5 Å². The van der Waals surface area contributed by atoms with Crippen LogP contribution in [0.5, 0.6) is 0 Å². The average molecular weight is 322 g/mol. The highest BCUT2D eigenvalue weighted by Gasteiger charge is 2.40. The van der Waals surface area contributed by atoms with Crippen LogP contribution in [0.2, 0.25) is 0 Å². The number of benzene rings is 1. The molecule has 1 aliphatic heterocycles. The number of amides is 1. The van der Waals surface area contributed by atoms with Gasteiger partial charge in [-0.3, -0.25) is 9.10 Å². The van der Waals surface area contributed by atoms with E-state index in [1.807, 2.05) is 24.0 Å². The lowest BCUT2D eigenvalue weighted by Gasteiger charge is -2.30. The molecule has 0 N–H and O–H groups in total. The fourth-order valence-electron chi connectivity index (χ4n) is 3.63. The van der Waals surface area contributed by atoms with E-state index in [0.29, 0.717) is 17.6 Å². The SMILES string of the molecule is Cc1cccc(N(CC(=O)N2C[C@H]3CC[C@H]2C3)S(C)(=O)=O)c1. The van der Waals surface area contributed by atoms with Crippen molar-refractivity contribution in [2.75, 3.05) is 23.7 Å². The Bertz CT molecular complexity index is 686. The molecule has 2 bridgehead atoms. The van der Waals surface area contributed by atoms with Crippen LogP contribution in [0.1, 0.15) is 24.8 Å². The maximum absolute atomic E-state index is 12.6. The monoisotopic (exact) mass is 322 g/mol. The highest BCUT2D eigenvalue weighted by molar-refractivity contribution is 7.92. The summed E-state index contributed by atoms with van der Waals surface area (Å²) < 4.78 is 25.4. The van der Waals surface area contributed by atoms with Crippen LogP contribution >= 0.6 is 0 Å². The molecule has 0 aromatic heterocycles. The van der Waals surface area contributed by atoms with E-state index >= 15 is 0 Å². The summed E-state index contributed by atoms with van der Waals surface area (Å²) in [6.45, 7) is 2.59. The Morgan fingerprint density at radius 2 is 2.14 bits per heavy atom. The van der Waals surface area contributed by atoms with Gasteiger partial charge < -0.3 is 4.90 Å². The van der Waals surface area contributed by atoms with Gasteiger partial charge in [0.1, 0.15) is 6.54 Å². The molecule has 2 fully saturated rings. The standard InChI is InChI=1S/C16H22N2O3S/c1-12-4-3-5-15(8-12)18(22(2,20)21)11-16(19)17-10-13-6-7-14(17)9-13/h3-5,8,13-14H,6-7,9-11H2,1-2H3/t13-,14-/m0/s1. The van der Waals surface area contributed by atoms with Crippen molar-refractivity contribution in [2.24, 2.45) is 5.92 Å². The summed E-state index contributed by atoms with van der Waals surface area (Å²) in [5.41, 5.74) is 1.53. The third-order valence-corrected chi connectivity index (χ3v) is 5.84. The Labute approximate surface area is 132 Å². The second kappa shape index (κ2) is 5.57. The zero-order valence-corrected chi connectivity index (χ0v) is 13.8. The van der Waals surface area contributed by atoms with Gasteiger partial charge in [-0.25, -0.2) is 8.42 Å². The van der Waals surface area contributed by atoms with Crippen LogP contribution < -0.4 is 4.31 Å². The molecule has 2 aliphatic rings. The number of sulfonamides is 1. The first kappa shape index (κ1) is 15.3. The van der Waals surface area contributed by atoms with Crippen molar-refractivity contribution >= 4 is 21.6 Å². The van der Waals surface area contributed by atoms with Crippen molar-refractivity contribution in [3.05, 3.63) is 29.8 Å². The van der Waals surface area contributed by atoms with Gasteiger partial charge in [0, 0.05) is 12.6 Å². The van der Waals surface area contributed by atoms with Crippen LogP contribution in [0, 0.1) is 12.8 Å². The molecule has 6 heteroatoms. The quantitative estimate of drug-likeness (QED) is 0.849. The number of aryl methyl sites for hydroxylation is 1. The third kappa shape index (κ3) is 2.97. The molecule has 2 atom stereocenters. The summed E-state index contributed by atoms with van der Waals surface area (Å²) in [4.78, 5) is 14.4. The smallest absolute Gasteiger partial charge is 0.243 e. The van der Waals surface area contributed by atoms with E-state index in [2.05, 4.69) is 0 Å². The molecule has 120 valence electrons. The highest BCUT2D eigenvalue weighted by atomic mass is 32.2. The van der Waals surface area contributed by atoms with Gasteiger partial charge in [0.25, 0.3) is 0 Å². The van der Waals surface area contributed by atoms with Gasteiger partial charge in [-0.1, -0.05) is 12.1 Å². The van der Waals surface area contributed by atoms with Gasteiger partial charge in [0.05, 0.1) is 11.9 Å². The predicted octanol–water partition coefficient (Wildman–Crippen LogP) is 1.77. The first-order valence-corrected chi connectivity index (χ1v) is 9.53. The van der Waals surface area contributed by atoms with Gasteiger partial charge >= 0.3 is 0 Å². The Morgan fingerprint density at radius 3 is 2.68 bits per heavy atom. The van der Waals surface area contributed by atoms with E-state index < -0.39 is 10.0 Å². The zero-order valence-electron chi connectivity index (χ0n) is 13.0. The normalized spacial score (nSPS) is 23.8. The van der Waals surface area contributed by atoms with Crippen LogP contribution in [-0.4, -0.2) is 44.6 Å². The average Bonchev–Trinajstić information content (AvgIpc) is 3.05. The molecule has 1 aromatic carbocycles. The van der Waals surface area contributed by atoms with Crippen molar-refractivity contribution in [3.63, 3.8) is 0 Å². The number of hydrogen-bond donors (Lipinski definition) is 0. The lowest BCUT2D eigenvalue weighted by molar-refractivity contribution is -0.131. The van der Waals surface area contributed by atoms with Gasteiger partial charge in [-0.05, 0) is 49.8 Å². The second-order valence-electron chi connectivity index (χ2n) is 6.49. The largest absolute Gasteiger partial charge is 0.338 e. The van der Waals surface area contributed by atoms with Crippen molar-refractivity contribution in [1.82, 2.24) is 4.90 Å². The summed E-state index contributed by atoms with van der Waals surface area (Å²) in [7, 11) is -3.49. The lowest BCUT2D eigenvalue weighted by Crippen LogP contribution is -2.45. The minimum Gasteiger partial charge on any atom is -0.338 e. The van der Waals surface area contributed by atoms with Gasteiger partial charge in [-0.2, -0.15) is 0 Å². The molecule has 22 heavy (non-hydrogen) atoms. The molecular weight excluding hydrogens is 300 g/mol. The maximum Gasteiger partial charge on any atom is 0.243 e. The van der Waals surface area contributed by atoms with Gasteiger partial charge in [-0.15, -0.1) is 0 Å². The zero-order chi connectivity index (χ0) is 15.9. The molecule has 1 saturated heterocycles. The van der Waals surface area contributed by atoms with Crippen LogP contribution in [-0.2, 0) is 14.8 Å². The van der Waals surface area contributed by atoms with E-state index in [1.165, 1.54) is 10.7 Å². The fourth-order valence-corrected chi connectivity index (χ4v) is 4.47. The Hall–Kier alpha value is -1.56. The number of rotatable bonds is 4. The van der Waals surface area contributed by atoms with Gasteiger partial charge in [0.2, 0.25) is 15.9 Å². The molecule has 0 spiro atoms. The predicted molar refractivity (Wildman–Crippen MR) is 86.2 cm³/mol. The number of nitrogens with zero attached hydrogens (tertiary/aromatic N) is 2. The second-order valence-corrected chi connectivity index (χ2v) is 8.39. The number of fused-ring (bicyclic) bond motifs is 2. The highest BCUT2D eigenvalue weighted by Crippen LogP contribution is 2.37. The number of piperidine rings is 1. The lowest BCUT2D eigenvalue weighted by atomic mass is 10.1. The Kier molecular flexibility index (Phi) is 3.89. The number of carbonyl (C=O) groups is 1. The molecular formula is C16H22N2O3S. The van der Waals surface area contributed by atoms with Crippen molar-refractivity contribution in [1.29, 1.82) is 0 Å². The first-order chi connectivity index (χ1) is 10.3. The summed E-state index contributed by atoms with van der Waals surface area (Å²) in [5, 5.41) is 0. The number of carbonyl (C=O) groups excluding carboxylic acids is 1. The number of anilines is 1. The topological polar surface area (TPSA) is 57.7 Å². The molecule has 5 nitrogen and oxygen atoms in total. The number of hydrogen-bond acceptors (Lipinski definition) is 3. The number of likely N-dealkylation sites (tertiary alicyclic amines) is 1. The van der Waals surface area contributed by atoms with Crippen molar-refractivity contribution < 1.29 is 13.2 Å². The Morgan fingerprint density at radius 1 is 1.36 bits per heavy atom. The van der Waals surface area contributed by atoms with Crippen molar-refractivity contribution in [3.8, 4) is 0 Å². The minimum absolute atomic E-state index is 0.0841. The van der Waals surface area contributed by atoms with Crippen LogP contribution in [0.25, 0.3) is 0 Å². The van der Waals surface area contributed by atoms with E-state index in [0.717, 1.165) is 31.2 Å². The summed E-state index contributed by atoms with van der Waals surface area (Å²) >= 11 is 0. The van der Waals surface area contributed by atoms with Crippen LogP contribution in [0.15, 0.2) is 24.3 Å². The molecule has 1 aliphatic carbocycles. The molecule has 1 amide bonds. The van der Waals surface area contributed by atoms with Crippen LogP contribution in [0.4, 0.5) is 5.69 Å². The van der Waals surface area contributed by atoms with Crippen LogP contribution in [0.3, 0.4) is 0 Å². The fraction of sp³-hybridized carbons (Fsp3) is 0.562. The molecule has 0 radical (unpaired) electrons. The van der Waals surface area contributed by atoms with E-state index in [9.17, 15) is 13.2 Å². The van der Waals surface area contributed by atoms with Crippen molar-refractivity contribution in [2.45, 2.75) is 32.2 Å². The summed E-state index contributed by atoms with van der Waals surface area (Å²) in [5.74, 6) is 0.527. The third-order valence-electron chi connectivity index (χ3n) is 4.70. The molecule has 1 saturated carbocycles. The summed E-state index contributed by atoms with van der Waals surface area (Å²) in [6.07, 6.45) is 4.48. The molecule has 1 aromatic rings. The minimum atomic E-state index is -3.49. The Balaban J connectivity index is 1.81. The first-order valence-electron chi connectivity index (χ1n) is 7.68. The van der Waals surface area contributed by atoms with E-state index in [1.54, 1.807) is 12.1 Å². The molecule has 3 rings (SSSR count). The molecule has 0 unspecified atom stereocenters.